The lowest BCUT2D eigenvalue weighted by Crippen LogP contribution is -2.44. The third-order valence-electron chi connectivity index (χ3n) is 9.85. The first-order valence-electron chi connectivity index (χ1n) is 20.4. The zero-order valence-corrected chi connectivity index (χ0v) is 38.9. The molecule has 2 heterocycles. The summed E-state index contributed by atoms with van der Waals surface area (Å²) in [4.78, 5) is 17.5. The number of phenolic OH excluding ortho intramolecular Hbond substituents is 1. The van der Waals surface area contributed by atoms with Gasteiger partial charge in [-0.1, -0.05) is 140 Å². The van der Waals surface area contributed by atoms with Crippen LogP contribution in [0.2, 0.25) is 0 Å². The van der Waals surface area contributed by atoms with E-state index >= 15 is 0 Å². The summed E-state index contributed by atoms with van der Waals surface area (Å²) >= 11 is 0. The normalized spacial score (nSPS) is 12.0. The predicted molar refractivity (Wildman–Crippen MR) is 257 cm³/mol. The first-order valence-corrected chi connectivity index (χ1v) is 25.1. The predicted octanol–water partition coefficient (Wildman–Crippen LogP) is 11.2. The van der Waals surface area contributed by atoms with Gasteiger partial charge in [-0.15, -0.1) is 0 Å². The number of anilines is 1. The van der Waals surface area contributed by atoms with Crippen molar-refractivity contribution < 1.29 is 60.9 Å². The van der Waals surface area contributed by atoms with Crippen LogP contribution in [0.5, 0.6) is 11.5 Å². The first kappa shape index (κ1) is 50.9. The second-order valence-corrected chi connectivity index (χ2v) is 20.3. The minimum absolute atomic E-state index is 0.0450. The van der Waals surface area contributed by atoms with Crippen LogP contribution in [-0.4, -0.2) is 67.6 Å². The molecule has 0 aliphatic rings. The molecule has 0 unspecified atom stereocenters. The fraction of sp³-hybridized carbons (Fsp3) is 0.0612. The minimum Gasteiger partial charge on any atom is -0.506 e. The topological polar surface area (TPSA) is 187 Å². The maximum atomic E-state index is 12.9. The largest absolute Gasteiger partial charge is 0.534 e. The third kappa shape index (κ3) is 11.9. The second kappa shape index (κ2) is 20.6. The Kier molecular flexibility index (Phi) is 14.7. The standard InChI is InChI=1S/C21H13F3N2O3S.C20H14N2O.C8H8F3NO4S2/c22-21(23,24)30(27,28)29-18-12-16(14-7-3-1-4-8-14)11-17-13-25-20(26-19(17)18)15-9-5-2-6-10-15;23-18-12-16(14-7-3-1-4-8-14)11-17-13-21-20(22-19(17)18)15-9-5-2-6-10-15;1-17(13,14)12(7-5-3-2-4-6-7)18(15,16)8(9,10)11/h1-13H;1-13,23H;2-6H,1H3. The van der Waals surface area contributed by atoms with E-state index in [4.69, 9.17) is 0 Å². The molecule has 0 bridgehead atoms. The van der Waals surface area contributed by atoms with Gasteiger partial charge in [-0.05, 0) is 58.7 Å². The summed E-state index contributed by atoms with van der Waals surface area (Å²) < 4.78 is 148. The Labute approximate surface area is 402 Å². The zero-order chi connectivity index (χ0) is 51.2. The lowest BCUT2D eigenvalue weighted by molar-refractivity contribution is -0.0500. The van der Waals surface area contributed by atoms with Gasteiger partial charge < -0.3 is 9.29 Å². The summed E-state index contributed by atoms with van der Waals surface area (Å²) in [7, 11) is -16.5. The van der Waals surface area contributed by atoms with Crippen LogP contribution in [0.1, 0.15) is 0 Å². The minimum atomic E-state index is -6.00. The molecule has 0 atom stereocenters. The van der Waals surface area contributed by atoms with E-state index in [0.29, 0.717) is 39.7 Å². The molecule has 7 aromatic carbocycles. The zero-order valence-electron chi connectivity index (χ0n) is 36.4. The molecular formula is C49H35F6N5O8S3. The van der Waals surface area contributed by atoms with Gasteiger partial charge in [0.25, 0.3) is 0 Å². The van der Waals surface area contributed by atoms with Crippen molar-refractivity contribution in [3.63, 3.8) is 0 Å². The van der Waals surface area contributed by atoms with E-state index in [1.165, 1.54) is 30.5 Å². The van der Waals surface area contributed by atoms with Crippen molar-refractivity contribution >= 4 is 57.7 Å². The van der Waals surface area contributed by atoms with Crippen molar-refractivity contribution in [3.05, 3.63) is 188 Å². The van der Waals surface area contributed by atoms with Gasteiger partial charge in [0.05, 0.1) is 11.9 Å². The first-order chi connectivity index (χ1) is 33.5. The summed E-state index contributed by atoms with van der Waals surface area (Å²) in [5.74, 6) is 0.481. The fourth-order valence-electron chi connectivity index (χ4n) is 6.67. The Balaban J connectivity index is 0.000000162. The van der Waals surface area contributed by atoms with E-state index in [1.807, 2.05) is 66.7 Å². The van der Waals surface area contributed by atoms with Gasteiger partial charge in [-0.3, -0.25) is 0 Å². The van der Waals surface area contributed by atoms with E-state index < -0.39 is 56.3 Å². The highest BCUT2D eigenvalue weighted by atomic mass is 32.3. The average molecular weight is 1030 g/mol. The van der Waals surface area contributed by atoms with Gasteiger partial charge >= 0.3 is 31.2 Å². The number of alkyl halides is 6. The van der Waals surface area contributed by atoms with Gasteiger partial charge in [0.2, 0.25) is 10.0 Å². The van der Waals surface area contributed by atoms with Crippen LogP contribution in [0.4, 0.5) is 32.0 Å². The molecule has 22 heteroatoms. The van der Waals surface area contributed by atoms with Gasteiger partial charge in [-0.2, -0.15) is 46.9 Å². The molecule has 1 N–H and O–H groups in total. The molecule has 0 spiro atoms. The number of rotatable bonds is 9. The molecule has 0 amide bonds. The number of phenols is 1. The van der Waals surface area contributed by atoms with Crippen LogP contribution in [0, 0.1) is 0 Å². The number of para-hydroxylation sites is 1. The number of hydrogen-bond acceptors (Lipinski definition) is 12. The Morgan fingerprint density at radius 3 is 1.27 bits per heavy atom. The van der Waals surface area contributed by atoms with E-state index in [2.05, 4.69) is 24.1 Å². The monoisotopic (exact) mass is 1030 g/mol. The van der Waals surface area contributed by atoms with Gasteiger partial charge in [0.15, 0.2) is 17.4 Å². The van der Waals surface area contributed by atoms with E-state index in [9.17, 15) is 56.7 Å². The summed E-state index contributed by atoms with van der Waals surface area (Å²) in [6, 6.07) is 49.6. The molecule has 364 valence electrons. The molecule has 71 heavy (non-hydrogen) atoms. The summed E-state index contributed by atoms with van der Waals surface area (Å²) in [5, 5.41) is 11.6. The van der Waals surface area contributed by atoms with Crippen molar-refractivity contribution in [2.75, 3.05) is 9.97 Å². The van der Waals surface area contributed by atoms with Gasteiger partial charge in [0.1, 0.15) is 16.8 Å². The van der Waals surface area contributed by atoms with Gasteiger partial charge in [-0.25, -0.2) is 28.4 Å². The van der Waals surface area contributed by atoms with Crippen LogP contribution in [-0.2, 0) is 30.2 Å². The summed E-state index contributed by atoms with van der Waals surface area (Å²) in [6.45, 7) is 0. The number of nitrogens with zero attached hydrogens (tertiary/aromatic N) is 5. The molecule has 0 saturated heterocycles. The van der Waals surface area contributed by atoms with Crippen molar-refractivity contribution in [2.24, 2.45) is 0 Å². The fourth-order valence-corrected chi connectivity index (χ4v) is 9.90. The summed E-state index contributed by atoms with van der Waals surface area (Å²) in [5.41, 5.74) is -6.66. The maximum absolute atomic E-state index is 12.9. The Morgan fingerprint density at radius 2 is 0.859 bits per heavy atom. The molecule has 13 nitrogen and oxygen atoms in total. The van der Waals surface area contributed by atoms with Crippen molar-refractivity contribution in [1.82, 2.24) is 19.9 Å². The van der Waals surface area contributed by atoms with Gasteiger partial charge in [0, 0.05) is 34.3 Å². The van der Waals surface area contributed by atoms with Crippen LogP contribution < -0.4 is 7.89 Å². The van der Waals surface area contributed by atoms with Crippen molar-refractivity contribution in [1.29, 1.82) is 0 Å². The highest BCUT2D eigenvalue weighted by Crippen LogP contribution is 2.37. The van der Waals surface area contributed by atoms with E-state index in [0.717, 1.165) is 34.2 Å². The Morgan fingerprint density at radius 1 is 0.479 bits per heavy atom. The average Bonchev–Trinajstić information content (AvgIpc) is 3.34. The van der Waals surface area contributed by atoms with Crippen LogP contribution >= 0.6 is 0 Å². The third-order valence-corrected chi connectivity index (χ3v) is 14.3. The van der Waals surface area contributed by atoms with Crippen LogP contribution in [0.3, 0.4) is 0 Å². The Hall–Kier alpha value is -7.95. The van der Waals surface area contributed by atoms with Crippen molar-refractivity contribution in [3.8, 4) is 56.5 Å². The molecule has 9 rings (SSSR count). The Bertz CT molecular complexity index is 3660. The molecular weight excluding hydrogens is 997 g/mol. The van der Waals surface area contributed by atoms with Crippen LogP contribution in [0.25, 0.3) is 66.8 Å². The number of halogens is 6. The lowest BCUT2D eigenvalue weighted by atomic mass is 10.0. The number of fused-ring (bicyclic) bond motifs is 2. The lowest BCUT2D eigenvalue weighted by Gasteiger charge is -2.22. The van der Waals surface area contributed by atoms with E-state index in [-0.39, 0.29) is 17.1 Å². The highest BCUT2D eigenvalue weighted by molar-refractivity contribution is 8.10. The SMILES string of the molecule is CS(=O)(=O)N(c1ccccc1)S(=O)(=O)C(F)(F)F.O=S(=O)(Oc1cc(-c2ccccc2)cc2cnc(-c3ccccc3)nc12)C(F)(F)F.Oc1cc(-c2ccccc2)cc2cnc(-c3ccccc3)nc12. The number of aromatic nitrogens is 4. The number of sulfonamides is 2. The molecule has 9 aromatic rings. The van der Waals surface area contributed by atoms with E-state index in [1.54, 1.807) is 79.0 Å². The maximum Gasteiger partial charge on any atom is 0.534 e. The quantitative estimate of drug-likeness (QED) is 0.0820. The molecule has 0 radical (unpaired) electrons. The van der Waals surface area contributed by atoms with Crippen molar-refractivity contribution in [2.45, 2.75) is 11.0 Å². The molecule has 2 aromatic heterocycles. The highest BCUT2D eigenvalue weighted by Gasteiger charge is 2.53. The van der Waals surface area contributed by atoms with Crippen LogP contribution in [0.15, 0.2) is 188 Å². The summed E-state index contributed by atoms with van der Waals surface area (Å²) in [6.07, 6.45) is 3.56. The molecule has 0 fully saturated rings. The second-order valence-electron chi connectivity index (χ2n) is 14.9. The smallest absolute Gasteiger partial charge is 0.506 e. The molecule has 0 saturated carbocycles. The number of benzene rings is 7. The number of hydrogen-bond donors (Lipinski definition) is 1. The molecule has 0 aliphatic heterocycles. The molecule has 0 aliphatic carbocycles. The number of aromatic hydroxyl groups is 1.